The Morgan fingerprint density at radius 2 is 1.95 bits per heavy atom. The minimum Gasteiger partial charge on any atom is -0.355 e. The van der Waals surface area contributed by atoms with Gasteiger partial charge in [0, 0.05) is 42.3 Å². The maximum absolute atomic E-state index is 13.8. The maximum atomic E-state index is 13.8. The Hall–Kier alpha value is -2.47. The highest BCUT2D eigenvalue weighted by Gasteiger charge is 2.38. The van der Waals surface area contributed by atoms with Crippen molar-refractivity contribution in [3.63, 3.8) is 0 Å². The average molecular weight is 618 g/mol. The monoisotopic (exact) mass is 616 g/mol. The lowest BCUT2D eigenvalue weighted by Crippen LogP contribution is -2.49. The van der Waals surface area contributed by atoms with Gasteiger partial charge in [0.15, 0.2) is 5.76 Å². The van der Waals surface area contributed by atoms with Crippen LogP contribution in [-0.2, 0) is 11.3 Å². The lowest BCUT2D eigenvalue weighted by molar-refractivity contribution is -0.118. The van der Waals surface area contributed by atoms with Gasteiger partial charge in [0.2, 0.25) is 5.13 Å². The number of rotatable bonds is 7. The van der Waals surface area contributed by atoms with Crippen molar-refractivity contribution in [1.29, 1.82) is 0 Å². The summed E-state index contributed by atoms with van der Waals surface area (Å²) in [5, 5.41) is 13.0. The second kappa shape index (κ2) is 11.4. The number of halogens is 2. The number of carbonyl (C=O) groups excluding carboxylic acids is 1. The van der Waals surface area contributed by atoms with Gasteiger partial charge in [-0.15, -0.1) is 11.3 Å². The molecule has 0 radical (unpaired) electrons. The van der Waals surface area contributed by atoms with Crippen molar-refractivity contribution < 1.29 is 9.32 Å². The van der Waals surface area contributed by atoms with E-state index >= 15 is 0 Å². The van der Waals surface area contributed by atoms with Crippen LogP contribution in [0.1, 0.15) is 39.3 Å². The van der Waals surface area contributed by atoms with Gasteiger partial charge in [0.25, 0.3) is 5.91 Å². The van der Waals surface area contributed by atoms with E-state index in [4.69, 9.17) is 32.7 Å². The molecule has 8 nitrogen and oxygen atoms in total. The van der Waals surface area contributed by atoms with Crippen LogP contribution in [0.5, 0.6) is 0 Å². The predicted molar refractivity (Wildman–Crippen MR) is 163 cm³/mol. The zero-order chi connectivity index (χ0) is 28.0. The molecule has 1 aromatic carbocycles. The number of anilines is 1. The molecular weight excluding hydrogens is 587 g/mol. The van der Waals surface area contributed by atoms with Crippen molar-refractivity contribution in [1.82, 2.24) is 25.4 Å². The molecule has 1 N–H and O–H groups in total. The van der Waals surface area contributed by atoms with Gasteiger partial charge in [0.1, 0.15) is 11.4 Å². The Morgan fingerprint density at radius 1 is 1.15 bits per heavy atom. The van der Waals surface area contributed by atoms with Gasteiger partial charge in [-0.3, -0.25) is 4.79 Å². The first-order valence-corrected chi connectivity index (χ1v) is 15.7. The molecule has 1 saturated heterocycles. The van der Waals surface area contributed by atoms with E-state index in [1.807, 2.05) is 47.5 Å². The topological polar surface area (TPSA) is 77.7 Å². The molecule has 12 heteroatoms. The van der Waals surface area contributed by atoms with Crippen LogP contribution in [0.4, 0.5) is 5.13 Å². The molecule has 6 rings (SSSR count). The number of aromatic nitrogens is 2. The average Bonchev–Trinajstić information content (AvgIpc) is 3.71. The molecule has 2 aliphatic heterocycles. The van der Waals surface area contributed by atoms with E-state index in [9.17, 15) is 4.79 Å². The molecule has 210 valence electrons. The number of thiophene rings is 1. The molecule has 1 unspecified atom stereocenters. The van der Waals surface area contributed by atoms with E-state index in [0.717, 1.165) is 46.7 Å². The largest absolute Gasteiger partial charge is 0.355 e. The van der Waals surface area contributed by atoms with Gasteiger partial charge in [-0.1, -0.05) is 39.7 Å². The lowest BCUT2D eigenvalue weighted by atomic mass is 10.0. The minimum absolute atomic E-state index is 0.0736. The fourth-order valence-corrected chi connectivity index (χ4v) is 7.48. The van der Waals surface area contributed by atoms with E-state index in [0.29, 0.717) is 38.5 Å². The highest BCUT2D eigenvalue weighted by atomic mass is 35.5. The number of piperidine rings is 1. The van der Waals surface area contributed by atoms with Gasteiger partial charge in [-0.25, -0.2) is 15.0 Å². The Bertz CT molecular complexity index is 1550. The molecule has 1 amide bonds. The number of thiazole rings is 1. The van der Waals surface area contributed by atoms with Gasteiger partial charge in [-0.05, 0) is 70.0 Å². The number of carbonyl (C=O) groups is 1. The first kappa shape index (κ1) is 27.7. The van der Waals surface area contributed by atoms with Gasteiger partial charge < -0.3 is 14.7 Å². The molecule has 1 atom stereocenters. The van der Waals surface area contributed by atoms with Crippen LogP contribution in [-0.4, -0.2) is 57.2 Å². The molecule has 0 aliphatic carbocycles. The first-order chi connectivity index (χ1) is 19.2. The molecule has 1 fully saturated rings. The van der Waals surface area contributed by atoms with Crippen molar-refractivity contribution in [2.24, 2.45) is 0 Å². The molecule has 5 heterocycles. The number of nitrogens with one attached hydrogen (secondary N) is 1. The van der Waals surface area contributed by atoms with Crippen LogP contribution < -0.4 is 10.3 Å². The van der Waals surface area contributed by atoms with Crippen LogP contribution in [0.15, 0.2) is 52.7 Å². The molecule has 3 aromatic heterocycles. The zero-order valence-corrected chi connectivity index (χ0v) is 25.6. The predicted octanol–water partition coefficient (Wildman–Crippen LogP) is 6.82. The van der Waals surface area contributed by atoms with Crippen LogP contribution in [0.3, 0.4) is 0 Å². The van der Waals surface area contributed by atoms with Gasteiger partial charge >= 0.3 is 0 Å². The summed E-state index contributed by atoms with van der Waals surface area (Å²) in [5.74, 6) is 0.572. The smallest absolute Gasteiger partial charge is 0.269 e. The molecule has 0 spiro atoms. The second-order valence-corrected chi connectivity index (χ2v) is 13.6. The van der Waals surface area contributed by atoms with Crippen LogP contribution in [0.25, 0.3) is 20.9 Å². The van der Waals surface area contributed by atoms with E-state index in [-0.39, 0.29) is 18.0 Å². The molecule has 40 heavy (non-hydrogen) atoms. The van der Waals surface area contributed by atoms with Crippen LogP contribution in [0, 0.1) is 0 Å². The summed E-state index contributed by atoms with van der Waals surface area (Å²) >= 11 is 15.3. The maximum Gasteiger partial charge on any atom is 0.269 e. The van der Waals surface area contributed by atoms with Crippen molar-refractivity contribution in [2.75, 3.05) is 18.1 Å². The quantitative estimate of drug-likeness (QED) is 0.244. The number of likely N-dealkylation sites (tertiary alicyclic amines) is 1. The molecule has 2 aliphatic rings. The summed E-state index contributed by atoms with van der Waals surface area (Å²) in [5.41, 5.74) is 2.15. The summed E-state index contributed by atoms with van der Waals surface area (Å²) in [6.07, 6.45) is 3.87. The Balaban J connectivity index is 1.27. The van der Waals surface area contributed by atoms with Crippen LogP contribution >= 0.6 is 45.9 Å². The molecule has 0 bridgehead atoms. The zero-order valence-electron chi connectivity index (χ0n) is 22.4. The number of fused-ring (bicyclic) bond motifs is 1. The Labute approximate surface area is 251 Å². The third-order valence-electron chi connectivity index (χ3n) is 7.40. The number of hydrazine groups is 1. The highest BCUT2D eigenvalue weighted by Crippen LogP contribution is 2.38. The lowest BCUT2D eigenvalue weighted by Gasteiger charge is -2.35. The minimum atomic E-state index is -0.0938. The van der Waals surface area contributed by atoms with Crippen molar-refractivity contribution in [3.05, 3.63) is 63.2 Å². The number of benzene rings is 1. The first-order valence-electron chi connectivity index (χ1n) is 13.4. The van der Waals surface area contributed by atoms with E-state index < -0.39 is 0 Å². The third-order valence-corrected chi connectivity index (χ3v) is 9.88. The number of hydrogen-bond acceptors (Lipinski definition) is 9. The fraction of sp³-hybridized carbons (Fsp3) is 0.393. The summed E-state index contributed by atoms with van der Waals surface area (Å²) in [4.78, 5) is 22.0. The van der Waals surface area contributed by atoms with Gasteiger partial charge in [0.05, 0.1) is 26.0 Å². The Morgan fingerprint density at radius 3 is 2.67 bits per heavy atom. The van der Waals surface area contributed by atoms with E-state index in [1.165, 1.54) is 22.7 Å². The fourth-order valence-electron chi connectivity index (χ4n) is 5.22. The standard InChI is InChI=1S/C28H30Cl2N6O2S2/c1-16(2)34-10-8-19(9-11-34)31-27(37)22-12-17(3)35(15-20-14-23(38-33-20)24-6-7-26(30)39-24)36(22)28-32-21-5-4-18(29)13-25(21)40-28/h4-7,12-14,16-17,19H,8-11,15H2,1-3H3,(H,31,37). The van der Waals surface area contributed by atoms with E-state index in [1.54, 1.807) is 0 Å². The second-order valence-electron chi connectivity index (χ2n) is 10.5. The summed E-state index contributed by atoms with van der Waals surface area (Å²) in [6.45, 7) is 8.90. The highest BCUT2D eigenvalue weighted by molar-refractivity contribution is 7.22. The normalized spacial score (nSPS) is 19.2. The van der Waals surface area contributed by atoms with Crippen molar-refractivity contribution >= 4 is 67.1 Å². The molecule has 0 saturated carbocycles. The number of amides is 1. The van der Waals surface area contributed by atoms with Crippen molar-refractivity contribution in [3.8, 4) is 10.6 Å². The van der Waals surface area contributed by atoms with Crippen molar-refractivity contribution in [2.45, 2.75) is 58.3 Å². The summed E-state index contributed by atoms with van der Waals surface area (Å²) in [7, 11) is 0. The van der Waals surface area contributed by atoms with Gasteiger partial charge in [-0.2, -0.15) is 0 Å². The summed E-state index contributed by atoms with van der Waals surface area (Å²) in [6, 6.07) is 11.9. The number of hydrogen-bond donors (Lipinski definition) is 1. The molecular formula is C28H30Cl2N6O2S2. The summed E-state index contributed by atoms with van der Waals surface area (Å²) < 4.78 is 7.29. The molecule has 4 aromatic rings. The van der Waals surface area contributed by atoms with E-state index in [2.05, 4.69) is 41.2 Å². The number of nitrogens with zero attached hydrogens (tertiary/aromatic N) is 5. The van der Waals surface area contributed by atoms with Crippen LogP contribution in [0.2, 0.25) is 9.36 Å². The third kappa shape index (κ3) is 5.66. The Kier molecular flexibility index (Phi) is 7.91. The SMILES string of the molecule is CC(C)N1CCC(NC(=O)C2=CC(C)N(Cc3cc(-c4ccc(Cl)s4)on3)N2c2nc3ccc(Cl)cc3s2)CC1.